The van der Waals surface area contributed by atoms with Crippen molar-refractivity contribution in [2.45, 2.75) is 24.6 Å². The summed E-state index contributed by atoms with van der Waals surface area (Å²) in [5.74, 6) is -0.697. The summed E-state index contributed by atoms with van der Waals surface area (Å²) in [7, 11) is 0. The van der Waals surface area contributed by atoms with E-state index in [-0.39, 0.29) is 5.56 Å². The highest BCUT2D eigenvalue weighted by atomic mass is 79.9. The van der Waals surface area contributed by atoms with Gasteiger partial charge in [0.1, 0.15) is 11.6 Å². The molecule has 0 saturated carbocycles. The van der Waals surface area contributed by atoms with E-state index in [0.29, 0.717) is 10.4 Å². The number of halogens is 4. The smallest absolute Gasteiger partial charge is 0.131 e. The SMILES string of the molecule is CC(C)c1ccc(C(Br)c2c(F)cc(Br)cc2F)cc1. The van der Waals surface area contributed by atoms with E-state index in [2.05, 4.69) is 45.7 Å². The first-order valence-corrected chi connectivity index (χ1v) is 7.99. The number of benzene rings is 2. The van der Waals surface area contributed by atoms with Gasteiger partial charge in [0.05, 0.1) is 4.83 Å². The molecule has 0 nitrogen and oxygen atoms in total. The molecule has 0 saturated heterocycles. The second-order valence-corrected chi connectivity index (χ2v) is 6.80. The molecule has 20 heavy (non-hydrogen) atoms. The molecule has 0 radical (unpaired) electrons. The van der Waals surface area contributed by atoms with Crippen LogP contribution in [0.3, 0.4) is 0 Å². The quantitative estimate of drug-likeness (QED) is 0.525. The molecule has 1 unspecified atom stereocenters. The lowest BCUT2D eigenvalue weighted by Crippen LogP contribution is -2.01. The van der Waals surface area contributed by atoms with E-state index >= 15 is 0 Å². The number of alkyl halides is 1. The van der Waals surface area contributed by atoms with Crippen molar-refractivity contribution in [1.82, 2.24) is 0 Å². The van der Waals surface area contributed by atoms with Crippen molar-refractivity contribution in [2.75, 3.05) is 0 Å². The van der Waals surface area contributed by atoms with Gasteiger partial charge in [-0.05, 0) is 29.2 Å². The van der Waals surface area contributed by atoms with Crippen molar-refractivity contribution in [3.05, 3.63) is 69.2 Å². The van der Waals surface area contributed by atoms with E-state index in [0.717, 1.165) is 5.56 Å². The van der Waals surface area contributed by atoms with Crippen molar-refractivity contribution >= 4 is 31.9 Å². The number of hydrogen-bond donors (Lipinski definition) is 0. The van der Waals surface area contributed by atoms with Gasteiger partial charge in [0, 0.05) is 10.0 Å². The minimum atomic E-state index is -0.563. The van der Waals surface area contributed by atoms with E-state index in [9.17, 15) is 8.78 Å². The molecule has 0 spiro atoms. The summed E-state index contributed by atoms with van der Waals surface area (Å²) in [6.45, 7) is 4.21. The minimum Gasteiger partial charge on any atom is -0.206 e. The van der Waals surface area contributed by atoms with Gasteiger partial charge < -0.3 is 0 Å². The Morgan fingerprint density at radius 2 is 1.35 bits per heavy atom. The Morgan fingerprint density at radius 1 is 0.900 bits per heavy atom. The van der Waals surface area contributed by atoms with Crippen LogP contribution in [0, 0.1) is 11.6 Å². The number of hydrogen-bond acceptors (Lipinski definition) is 0. The van der Waals surface area contributed by atoms with Crippen LogP contribution in [0.1, 0.15) is 41.3 Å². The predicted molar refractivity (Wildman–Crippen MR) is 85.4 cm³/mol. The fourth-order valence-electron chi connectivity index (χ4n) is 2.01. The van der Waals surface area contributed by atoms with Crippen LogP contribution in [0.25, 0.3) is 0 Å². The van der Waals surface area contributed by atoms with Gasteiger partial charge in [0.2, 0.25) is 0 Å². The molecular formula is C16H14Br2F2. The molecule has 2 aromatic carbocycles. The second-order valence-electron chi connectivity index (χ2n) is 4.97. The summed E-state index contributed by atoms with van der Waals surface area (Å²) in [5, 5.41) is 0. The molecule has 2 rings (SSSR count). The van der Waals surface area contributed by atoms with Gasteiger partial charge in [-0.25, -0.2) is 8.78 Å². The monoisotopic (exact) mass is 402 g/mol. The van der Waals surface area contributed by atoms with Crippen molar-refractivity contribution in [3.63, 3.8) is 0 Å². The van der Waals surface area contributed by atoms with E-state index in [1.807, 2.05) is 24.3 Å². The third-order valence-electron chi connectivity index (χ3n) is 3.19. The summed E-state index contributed by atoms with van der Waals surface area (Å²) >= 11 is 6.47. The summed E-state index contributed by atoms with van der Waals surface area (Å²) in [5.41, 5.74) is 2.06. The van der Waals surface area contributed by atoms with Crippen LogP contribution >= 0.6 is 31.9 Å². The maximum absolute atomic E-state index is 14.0. The van der Waals surface area contributed by atoms with Gasteiger partial charge in [0.15, 0.2) is 0 Å². The second kappa shape index (κ2) is 6.35. The first-order chi connectivity index (χ1) is 9.40. The van der Waals surface area contributed by atoms with Crippen LogP contribution in [-0.2, 0) is 0 Å². The minimum absolute atomic E-state index is 0.0329. The average Bonchev–Trinajstić information content (AvgIpc) is 2.37. The maximum Gasteiger partial charge on any atom is 0.131 e. The third-order valence-corrected chi connectivity index (χ3v) is 4.64. The first-order valence-electron chi connectivity index (χ1n) is 6.28. The number of rotatable bonds is 3. The topological polar surface area (TPSA) is 0 Å². The third kappa shape index (κ3) is 3.29. The molecule has 0 fully saturated rings. The molecule has 0 heterocycles. The molecule has 106 valence electrons. The maximum atomic E-state index is 14.0. The summed E-state index contributed by atoms with van der Waals surface area (Å²) in [4.78, 5) is -0.503. The van der Waals surface area contributed by atoms with Gasteiger partial charge in [-0.1, -0.05) is 70.0 Å². The zero-order valence-corrected chi connectivity index (χ0v) is 14.3. The Labute approximate surface area is 134 Å². The Kier molecular flexibility index (Phi) is 4.97. The molecule has 0 N–H and O–H groups in total. The van der Waals surface area contributed by atoms with E-state index < -0.39 is 16.5 Å². The molecule has 0 aromatic heterocycles. The van der Waals surface area contributed by atoms with E-state index in [1.54, 1.807) is 0 Å². The van der Waals surface area contributed by atoms with Crippen LogP contribution in [0.5, 0.6) is 0 Å². The van der Waals surface area contributed by atoms with Crippen LogP contribution in [-0.4, -0.2) is 0 Å². The summed E-state index contributed by atoms with van der Waals surface area (Å²) in [6.07, 6.45) is 0. The van der Waals surface area contributed by atoms with Crippen LogP contribution < -0.4 is 0 Å². The molecule has 2 aromatic rings. The highest BCUT2D eigenvalue weighted by Crippen LogP contribution is 2.35. The average molecular weight is 404 g/mol. The lowest BCUT2D eigenvalue weighted by molar-refractivity contribution is 0.559. The van der Waals surface area contributed by atoms with Gasteiger partial charge in [0.25, 0.3) is 0 Å². The standard InChI is InChI=1S/C16H14Br2F2/c1-9(2)10-3-5-11(6-4-10)16(18)15-13(19)7-12(17)8-14(15)20/h3-9,16H,1-2H3. The Bertz CT molecular complexity index is 583. The molecular weight excluding hydrogens is 390 g/mol. The fraction of sp³-hybridized carbons (Fsp3) is 0.250. The molecule has 0 bridgehead atoms. The molecule has 1 atom stereocenters. The van der Waals surface area contributed by atoms with Gasteiger partial charge in [-0.3, -0.25) is 0 Å². The normalized spacial score (nSPS) is 12.8. The highest BCUT2D eigenvalue weighted by Gasteiger charge is 2.20. The summed E-state index contributed by atoms with van der Waals surface area (Å²) in [6, 6.07) is 10.3. The molecule has 4 heteroatoms. The molecule has 0 amide bonds. The van der Waals surface area contributed by atoms with Gasteiger partial charge in [-0.2, -0.15) is 0 Å². The molecule has 0 aliphatic rings. The Balaban J connectivity index is 2.38. The van der Waals surface area contributed by atoms with Crippen molar-refractivity contribution < 1.29 is 8.78 Å². The largest absolute Gasteiger partial charge is 0.206 e. The predicted octanol–water partition coefficient (Wildman–Crippen LogP) is 6.34. The van der Waals surface area contributed by atoms with Crippen LogP contribution in [0.15, 0.2) is 40.9 Å². The summed E-state index contributed by atoms with van der Waals surface area (Å²) < 4.78 is 28.3. The van der Waals surface area contributed by atoms with E-state index in [4.69, 9.17) is 0 Å². The van der Waals surface area contributed by atoms with Gasteiger partial charge >= 0.3 is 0 Å². The molecule has 0 aliphatic heterocycles. The van der Waals surface area contributed by atoms with E-state index in [1.165, 1.54) is 17.7 Å². The molecule has 0 aliphatic carbocycles. The van der Waals surface area contributed by atoms with Gasteiger partial charge in [-0.15, -0.1) is 0 Å². The van der Waals surface area contributed by atoms with Crippen molar-refractivity contribution in [1.29, 1.82) is 0 Å². The Morgan fingerprint density at radius 3 is 1.80 bits per heavy atom. The first kappa shape index (κ1) is 15.6. The van der Waals surface area contributed by atoms with Crippen LogP contribution in [0.4, 0.5) is 8.78 Å². The Hall–Kier alpha value is -0.740. The lowest BCUT2D eigenvalue weighted by Gasteiger charge is -2.14. The zero-order chi connectivity index (χ0) is 14.9. The fourth-order valence-corrected chi connectivity index (χ4v) is 3.16. The van der Waals surface area contributed by atoms with Crippen molar-refractivity contribution in [3.8, 4) is 0 Å². The lowest BCUT2D eigenvalue weighted by atomic mass is 9.98. The highest BCUT2D eigenvalue weighted by molar-refractivity contribution is 9.10. The van der Waals surface area contributed by atoms with Crippen LogP contribution in [0.2, 0.25) is 0 Å². The van der Waals surface area contributed by atoms with Crippen molar-refractivity contribution in [2.24, 2.45) is 0 Å². The zero-order valence-electron chi connectivity index (χ0n) is 11.1.